The number of nitrogens with zero attached hydrogens (tertiary/aromatic N) is 2. The fourth-order valence-electron chi connectivity index (χ4n) is 3.53. The number of thioether (sulfide) groups is 1. The number of hydrogen-bond acceptors (Lipinski definition) is 7. The quantitative estimate of drug-likeness (QED) is 0.570. The summed E-state index contributed by atoms with van der Waals surface area (Å²) in [6, 6.07) is 0. The molecule has 2 aliphatic heterocycles. The van der Waals surface area contributed by atoms with Gasteiger partial charge in [0.2, 0.25) is 0 Å². The van der Waals surface area contributed by atoms with Gasteiger partial charge in [-0.3, -0.25) is 0 Å². The van der Waals surface area contributed by atoms with Gasteiger partial charge in [-0.25, -0.2) is 9.97 Å². The Morgan fingerprint density at radius 1 is 1.35 bits per heavy atom. The van der Waals surface area contributed by atoms with Crippen LogP contribution in [0.25, 0.3) is 10.2 Å². The van der Waals surface area contributed by atoms with Crippen molar-refractivity contribution >= 4 is 39.1 Å². The van der Waals surface area contributed by atoms with Crippen LogP contribution in [0.2, 0.25) is 0 Å². The van der Waals surface area contributed by atoms with E-state index in [1.807, 2.05) is 0 Å². The maximum absolute atomic E-state index is 6.01. The lowest BCUT2D eigenvalue weighted by atomic mass is 9.94. The molecule has 1 saturated heterocycles. The highest BCUT2D eigenvalue weighted by Crippen LogP contribution is 2.41. The van der Waals surface area contributed by atoms with Crippen molar-refractivity contribution in [2.75, 3.05) is 24.2 Å². The first kappa shape index (κ1) is 18.5. The third-order valence-corrected chi connectivity index (χ3v) is 7.02. The third-order valence-electron chi connectivity index (χ3n) is 4.87. The van der Waals surface area contributed by atoms with Gasteiger partial charge < -0.3 is 14.8 Å². The average molecular weight is 394 g/mol. The van der Waals surface area contributed by atoms with Crippen molar-refractivity contribution in [3.05, 3.63) is 10.4 Å². The molecule has 0 aliphatic carbocycles. The second-order valence-electron chi connectivity index (χ2n) is 7.63. The Hall–Kier alpha value is -0.890. The van der Waals surface area contributed by atoms with Gasteiger partial charge >= 0.3 is 0 Å². The Morgan fingerprint density at radius 3 is 3.00 bits per heavy atom. The van der Waals surface area contributed by atoms with Crippen molar-refractivity contribution in [3.8, 4) is 0 Å². The zero-order valence-electron chi connectivity index (χ0n) is 15.8. The minimum atomic E-state index is -0.136. The summed E-state index contributed by atoms with van der Waals surface area (Å²) in [6.07, 6.45) is 4.60. The van der Waals surface area contributed by atoms with Gasteiger partial charge in [-0.15, -0.1) is 11.3 Å². The monoisotopic (exact) mass is 393 g/mol. The molecule has 0 spiro atoms. The summed E-state index contributed by atoms with van der Waals surface area (Å²) in [5, 5.41) is 5.65. The zero-order valence-corrected chi connectivity index (χ0v) is 17.4. The van der Waals surface area contributed by atoms with E-state index in [1.165, 1.54) is 15.8 Å². The first-order valence-electron chi connectivity index (χ1n) is 9.50. The summed E-state index contributed by atoms with van der Waals surface area (Å²) in [6.45, 7) is 8.87. The highest BCUT2D eigenvalue weighted by atomic mass is 32.2. The van der Waals surface area contributed by atoms with Gasteiger partial charge in [-0.1, -0.05) is 18.7 Å². The van der Waals surface area contributed by atoms with Crippen LogP contribution in [0.15, 0.2) is 5.16 Å². The van der Waals surface area contributed by atoms with E-state index < -0.39 is 0 Å². The van der Waals surface area contributed by atoms with E-state index in [2.05, 4.69) is 26.1 Å². The molecule has 2 aromatic heterocycles. The largest absolute Gasteiger partial charge is 0.376 e. The molecule has 2 aliphatic rings. The summed E-state index contributed by atoms with van der Waals surface area (Å²) in [7, 11) is 0. The molecule has 0 unspecified atom stereocenters. The van der Waals surface area contributed by atoms with Crippen molar-refractivity contribution < 1.29 is 9.47 Å². The highest BCUT2D eigenvalue weighted by Gasteiger charge is 2.31. The van der Waals surface area contributed by atoms with Crippen molar-refractivity contribution in [2.45, 2.75) is 69.9 Å². The van der Waals surface area contributed by atoms with Gasteiger partial charge in [0.05, 0.1) is 23.7 Å². The Bertz CT molecular complexity index is 785. The maximum atomic E-state index is 6.01. The number of fused-ring (bicyclic) bond motifs is 3. The van der Waals surface area contributed by atoms with E-state index in [4.69, 9.17) is 19.4 Å². The van der Waals surface area contributed by atoms with E-state index >= 15 is 0 Å². The number of anilines is 1. The SMILES string of the molecule is CCCSc1nc(NC[C@@H]2CCCO2)c2c3c(sc2n1)COC(C)(C)C3. The van der Waals surface area contributed by atoms with Gasteiger partial charge in [0.15, 0.2) is 5.16 Å². The molecule has 4 heterocycles. The average Bonchev–Trinajstić information content (AvgIpc) is 3.24. The Balaban J connectivity index is 1.70. The number of nitrogens with one attached hydrogen (secondary N) is 1. The number of ether oxygens (including phenoxy) is 2. The number of hydrogen-bond donors (Lipinski definition) is 1. The van der Waals surface area contributed by atoms with Crippen molar-refractivity contribution in [3.63, 3.8) is 0 Å². The van der Waals surface area contributed by atoms with Crippen LogP contribution in [0, 0.1) is 0 Å². The van der Waals surface area contributed by atoms with Crippen LogP contribution in [0.1, 0.15) is 50.5 Å². The normalized spacial score (nSPS) is 21.9. The predicted molar refractivity (Wildman–Crippen MR) is 108 cm³/mol. The van der Waals surface area contributed by atoms with Crippen LogP contribution in [0.4, 0.5) is 5.82 Å². The Morgan fingerprint density at radius 2 is 2.23 bits per heavy atom. The minimum absolute atomic E-state index is 0.136. The molecule has 0 aromatic carbocycles. The molecular formula is C19H27N3O2S2. The fraction of sp³-hybridized carbons (Fsp3) is 0.684. The molecule has 0 saturated carbocycles. The molecule has 0 radical (unpaired) electrons. The molecule has 7 heteroatoms. The van der Waals surface area contributed by atoms with Crippen LogP contribution in [-0.2, 0) is 22.5 Å². The summed E-state index contributed by atoms with van der Waals surface area (Å²) in [5.74, 6) is 2.01. The second-order valence-corrected chi connectivity index (χ2v) is 9.77. The molecule has 1 atom stereocenters. The topological polar surface area (TPSA) is 56.3 Å². The van der Waals surface area contributed by atoms with E-state index in [0.29, 0.717) is 12.7 Å². The minimum Gasteiger partial charge on any atom is -0.376 e. The fourth-order valence-corrected chi connectivity index (χ4v) is 5.39. The lowest BCUT2D eigenvalue weighted by Gasteiger charge is -2.30. The van der Waals surface area contributed by atoms with Gasteiger partial charge in [0, 0.05) is 30.2 Å². The molecule has 5 nitrogen and oxygen atoms in total. The summed E-state index contributed by atoms with van der Waals surface area (Å²) in [5.41, 5.74) is 1.23. The molecule has 2 aromatic rings. The van der Waals surface area contributed by atoms with Crippen LogP contribution in [-0.4, -0.2) is 40.6 Å². The van der Waals surface area contributed by atoms with E-state index in [9.17, 15) is 0 Å². The highest BCUT2D eigenvalue weighted by molar-refractivity contribution is 7.99. The van der Waals surface area contributed by atoms with Crippen molar-refractivity contribution in [1.29, 1.82) is 0 Å². The molecule has 1 N–H and O–H groups in total. The van der Waals surface area contributed by atoms with Crippen LogP contribution < -0.4 is 5.32 Å². The van der Waals surface area contributed by atoms with Crippen molar-refractivity contribution in [2.24, 2.45) is 0 Å². The van der Waals surface area contributed by atoms with Gasteiger partial charge in [-0.05, 0) is 38.7 Å². The first-order valence-corrected chi connectivity index (χ1v) is 11.3. The number of aromatic nitrogens is 2. The van der Waals surface area contributed by atoms with Gasteiger partial charge in [0.25, 0.3) is 0 Å². The van der Waals surface area contributed by atoms with Crippen LogP contribution in [0.3, 0.4) is 0 Å². The van der Waals surface area contributed by atoms with Gasteiger partial charge in [0.1, 0.15) is 10.6 Å². The molecule has 26 heavy (non-hydrogen) atoms. The Kier molecular flexibility index (Phi) is 5.41. The maximum Gasteiger partial charge on any atom is 0.190 e. The zero-order chi connectivity index (χ0) is 18.1. The second kappa shape index (κ2) is 7.62. The van der Waals surface area contributed by atoms with Crippen molar-refractivity contribution in [1.82, 2.24) is 9.97 Å². The predicted octanol–water partition coefficient (Wildman–Crippen LogP) is 4.64. The molecule has 1 fully saturated rings. The lowest BCUT2D eigenvalue weighted by Crippen LogP contribution is -2.31. The summed E-state index contributed by atoms with van der Waals surface area (Å²) < 4.78 is 11.8. The Labute approximate surface area is 163 Å². The lowest BCUT2D eigenvalue weighted by molar-refractivity contribution is -0.0379. The smallest absolute Gasteiger partial charge is 0.190 e. The van der Waals surface area contributed by atoms with Gasteiger partial charge in [-0.2, -0.15) is 0 Å². The molecule has 4 rings (SSSR count). The number of thiophene rings is 1. The molecular weight excluding hydrogens is 366 g/mol. The van der Waals surface area contributed by atoms with E-state index in [-0.39, 0.29) is 5.60 Å². The molecule has 0 amide bonds. The van der Waals surface area contributed by atoms with Crippen LogP contribution in [0.5, 0.6) is 0 Å². The van der Waals surface area contributed by atoms with E-state index in [1.54, 1.807) is 23.1 Å². The van der Waals surface area contributed by atoms with E-state index in [0.717, 1.165) is 60.4 Å². The standard InChI is InChI=1S/C19H27N3O2S2/c1-4-8-25-18-21-16(20-10-12-6-5-7-23-12)15-13-9-19(2,3)24-11-14(13)26-17(15)22-18/h12H,4-11H2,1-3H3,(H,20,21,22)/t12-/m0/s1. The summed E-state index contributed by atoms with van der Waals surface area (Å²) >= 11 is 3.49. The number of rotatable bonds is 6. The third kappa shape index (κ3) is 3.86. The van der Waals surface area contributed by atoms with Crippen LogP contribution >= 0.6 is 23.1 Å². The summed E-state index contributed by atoms with van der Waals surface area (Å²) in [4.78, 5) is 12.1. The molecule has 142 valence electrons. The molecule has 0 bridgehead atoms. The first-order chi connectivity index (χ1) is 12.6.